The number of rotatable bonds is 3. The lowest BCUT2D eigenvalue weighted by atomic mass is 9.94. The molecule has 4 heteroatoms. The predicted octanol–water partition coefficient (Wildman–Crippen LogP) is 3.07. The number of carbonyl (C=O) groups excluding carboxylic acids is 1. The molecule has 0 aromatic heterocycles. The van der Waals surface area contributed by atoms with Crippen molar-refractivity contribution in [3.8, 4) is 0 Å². The van der Waals surface area contributed by atoms with Gasteiger partial charge in [-0.3, -0.25) is 9.59 Å². The standard InChI is InChI=1S/C17H23NO3/c1-11-7-6-8-12(2)15(11)16(19)18-14-10-5-3-4-9-13(14)17(20)21/h6-8,13-14H,3-5,9-10H2,1-2H3,(H,18,19)(H,20,21). The molecule has 1 aliphatic rings. The van der Waals surface area contributed by atoms with E-state index in [2.05, 4.69) is 5.32 Å². The lowest BCUT2D eigenvalue weighted by Gasteiger charge is -2.23. The Morgan fingerprint density at radius 3 is 2.33 bits per heavy atom. The van der Waals surface area contributed by atoms with Gasteiger partial charge in [-0.25, -0.2) is 0 Å². The molecule has 114 valence electrons. The second-order valence-electron chi connectivity index (χ2n) is 5.93. The molecule has 1 aromatic rings. The third kappa shape index (κ3) is 3.63. The topological polar surface area (TPSA) is 66.4 Å². The van der Waals surface area contributed by atoms with Crippen molar-refractivity contribution in [2.75, 3.05) is 0 Å². The highest BCUT2D eigenvalue weighted by molar-refractivity contribution is 5.97. The monoisotopic (exact) mass is 289 g/mol. The Labute approximate surface area is 125 Å². The van der Waals surface area contributed by atoms with Gasteiger partial charge >= 0.3 is 5.97 Å². The van der Waals surface area contributed by atoms with Crippen LogP contribution in [0.4, 0.5) is 0 Å². The second-order valence-corrected chi connectivity index (χ2v) is 5.93. The lowest BCUT2D eigenvalue weighted by Crippen LogP contribution is -2.43. The normalized spacial score (nSPS) is 22.4. The minimum Gasteiger partial charge on any atom is -0.481 e. The fourth-order valence-corrected chi connectivity index (χ4v) is 3.19. The van der Waals surface area contributed by atoms with Gasteiger partial charge < -0.3 is 10.4 Å². The van der Waals surface area contributed by atoms with Crippen LogP contribution in [-0.2, 0) is 4.79 Å². The first-order valence-corrected chi connectivity index (χ1v) is 7.60. The molecule has 2 rings (SSSR count). The zero-order chi connectivity index (χ0) is 15.4. The minimum absolute atomic E-state index is 0.149. The van der Waals surface area contributed by atoms with Crippen LogP contribution in [0.5, 0.6) is 0 Å². The molecule has 0 heterocycles. The Bertz CT molecular complexity index is 519. The number of carbonyl (C=O) groups is 2. The van der Waals surface area contributed by atoms with Gasteiger partial charge in [-0.1, -0.05) is 37.5 Å². The summed E-state index contributed by atoms with van der Waals surface area (Å²) in [5, 5.41) is 12.3. The van der Waals surface area contributed by atoms with Crippen LogP contribution in [0.3, 0.4) is 0 Å². The zero-order valence-electron chi connectivity index (χ0n) is 12.7. The van der Waals surface area contributed by atoms with Gasteiger partial charge in [0.1, 0.15) is 0 Å². The highest BCUT2D eigenvalue weighted by Crippen LogP contribution is 2.24. The quantitative estimate of drug-likeness (QED) is 0.840. The molecule has 0 spiro atoms. The molecular formula is C17H23NO3. The van der Waals surface area contributed by atoms with Crippen molar-refractivity contribution in [2.45, 2.75) is 52.0 Å². The molecule has 4 nitrogen and oxygen atoms in total. The first-order chi connectivity index (χ1) is 10.0. The summed E-state index contributed by atoms with van der Waals surface area (Å²) in [5.74, 6) is -1.42. The van der Waals surface area contributed by atoms with Gasteiger partial charge in [0, 0.05) is 11.6 Å². The Hall–Kier alpha value is -1.84. The smallest absolute Gasteiger partial charge is 0.308 e. The van der Waals surface area contributed by atoms with E-state index in [9.17, 15) is 14.7 Å². The molecular weight excluding hydrogens is 266 g/mol. The van der Waals surface area contributed by atoms with Gasteiger partial charge in [-0.15, -0.1) is 0 Å². The average molecular weight is 289 g/mol. The van der Waals surface area contributed by atoms with Crippen LogP contribution in [0.25, 0.3) is 0 Å². The van der Waals surface area contributed by atoms with E-state index in [1.807, 2.05) is 32.0 Å². The maximum Gasteiger partial charge on any atom is 0.308 e. The molecule has 1 aromatic carbocycles. The molecule has 0 saturated heterocycles. The molecule has 21 heavy (non-hydrogen) atoms. The highest BCUT2D eigenvalue weighted by atomic mass is 16.4. The third-order valence-corrected chi connectivity index (χ3v) is 4.36. The van der Waals surface area contributed by atoms with Crippen molar-refractivity contribution in [1.29, 1.82) is 0 Å². The van der Waals surface area contributed by atoms with Gasteiger partial charge in [-0.05, 0) is 37.8 Å². The van der Waals surface area contributed by atoms with Gasteiger partial charge in [0.2, 0.25) is 0 Å². The largest absolute Gasteiger partial charge is 0.481 e. The summed E-state index contributed by atoms with van der Waals surface area (Å²) in [6, 6.07) is 5.47. The van der Waals surface area contributed by atoms with Crippen molar-refractivity contribution < 1.29 is 14.7 Å². The van der Waals surface area contributed by atoms with E-state index in [1.165, 1.54) is 0 Å². The van der Waals surface area contributed by atoms with Crippen LogP contribution in [0.15, 0.2) is 18.2 Å². The number of hydrogen-bond acceptors (Lipinski definition) is 2. The maximum atomic E-state index is 12.5. The number of benzene rings is 1. The summed E-state index contributed by atoms with van der Waals surface area (Å²) in [5.41, 5.74) is 2.52. The molecule has 1 saturated carbocycles. The van der Waals surface area contributed by atoms with Gasteiger partial charge in [-0.2, -0.15) is 0 Å². The molecule has 2 N–H and O–H groups in total. The predicted molar refractivity (Wildman–Crippen MR) is 81.4 cm³/mol. The molecule has 0 bridgehead atoms. The first-order valence-electron chi connectivity index (χ1n) is 7.60. The van der Waals surface area contributed by atoms with Crippen LogP contribution in [0.2, 0.25) is 0 Å². The fourth-order valence-electron chi connectivity index (χ4n) is 3.19. The molecule has 2 unspecified atom stereocenters. The summed E-state index contributed by atoms with van der Waals surface area (Å²) in [6.07, 6.45) is 4.33. The summed E-state index contributed by atoms with van der Waals surface area (Å²) < 4.78 is 0. The van der Waals surface area contributed by atoms with E-state index in [4.69, 9.17) is 0 Å². The van der Waals surface area contributed by atoms with Crippen molar-refractivity contribution in [1.82, 2.24) is 5.32 Å². The van der Waals surface area contributed by atoms with Crippen molar-refractivity contribution in [2.24, 2.45) is 5.92 Å². The van der Waals surface area contributed by atoms with E-state index < -0.39 is 11.9 Å². The van der Waals surface area contributed by atoms with E-state index in [0.717, 1.165) is 36.8 Å². The highest BCUT2D eigenvalue weighted by Gasteiger charge is 2.31. The fraction of sp³-hybridized carbons (Fsp3) is 0.529. The number of aryl methyl sites for hydroxylation is 2. The van der Waals surface area contributed by atoms with Crippen LogP contribution in [0.1, 0.15) is 53.6 Å². The number of aliphatic carboxylic acids is 1. The van der Waals surface area contributed by atoms with Crippen LogP contribution in [0, 0.1) is 19.8 Å². The SMILES string of the molecule is Cc1cccc(C)c1C(=O)NC1CCCCCC1C(=O)O. The molecule has 1 aliphatic carbocycles. The number of nitrogens with one attached hydrogen (secondary N) is 1. The third-order valence-electron chi connectivity index (χ3n) is 4.36. The molecule has 1 fully saturated rings. The van der Waals surface area contributed by atoms with Gasteiger partial charge in [0.25, 0.3) is 5.91 Å². The molecule has 1 amide bonds. The number of amides is 1. The van der Waals surface area contributed by atoms with Crippen molar-refractivity contribution in [3.63, 3.8) is 0 Å². The molecule has 0 aliphatic heterocycles. The molecule has 2 atom stereocenters. The zero-order valence-corrected chi connectivity index (χ0v) is 12.7. The first kappa shape index (κ1) is 15.5. The van der Waals surface area contributed by atoms with Gasteiger partial charge in [0.05, 0.1) is 5.92 Å². The summed E-state index contributed by atoms with van der Waals surface area (Å²) in [6.45, 7) is 3.81. The lowest BCUT2D eigenvalue weighted by molar-refractivity contribution is -0.142. The van der Waals surface area contributed by atoms with E-state index >= 15 is 0 Å². The summed E-state index contributed by atoms with van der Waals surface area (Å²) >= 11 is 0. The number of carboxylic acids is 1. The van der Waals surface area contributed by atoms with E-state index in [-0.39, 0.29) is 11.9 Å². The number of hydrogen-bond donors (Lipinski definition) is 2. The van der Waals surface area contributed by atoms with Crippen LogP contribution < -0.4 is 5.32 Å². The maximum absolute atomic E-state index is 12.5. The van der Waals surface area contributed by atoms with Crippen LogP contribution >= 0.6 is 0 Å². The summed E-state index contributed by atoms with van der Waals surface area (Å²) in [7, 11) is 0. The van der Waals surface area contributed by atoms with E-state index in [0.29, 0.717) is 12.0 Å². The Morgan fingerprint density at radius 2 is 1.71 bits per heavy atom. The number of carboxylic acid groups (broad SMARTS) is 1. The molecule has 0 radical (unpaired) electrons. The minimum atomic E-state index is -0.802. The van der Waals surface area contributed by atoms with Gasteiger partial charge in [0.15, 0.2) is 0 Å². The Morgan fingerprint density at radius 1 is 1.10 bits per heavy atom. The van der Waals surface area contributed by atoms with Crippen molar-refractivity contribution in [3.05, 3.63) is 34.9 Å². The average Bonchev–Trinajstić information content (AvgIpc) is 2.64. The Kier molecular flexibility index (Phi) is 4.99. The van der Waals surface area contributed by atoms with Crippen molar-refractivity contribution >= 4 is 11.9 Å². The second kappa shape index (κ2) is 6.74. The summed E-state index contributed by atoms with van der Waals surface area (Å²) in [4.78, 5) is 23.9. The van der Waals surface area contributed by atoms with E-state index in [1.54, 1.807) is 0 Å². The Balaban J connectivity index is 2.18. The van der Waals surface area contributed by atoms with Crippen LogP contribution in [-0.4, -0.2) is 23.0 Å².